The smallest absolute Gasteiger partial charge is 0.462 e. The van der Waals surface area contributed by atoms with Crippen molar-refractivity contribution in [3.8, 4) is 0 Å². The van der Waals surface area contributed by atoms with Crippen molar-refractivity contribution in [3.05, 3.63) is 0 Å². The molecule has 13 unspecified atom stereocenters. The van der Waals surface area contributed by atoms with Crippen LogP contribution in [0, 0.1) is 0 Å². The molecular weight excluding hydrogens is 968 g/mol. The molecule has 0 spiro atoms. The average molecular weight is 1070 g/mol. The van der Waals surface area contributed by atoms with Gasteiger partial charge in [-0.05, 0) is 12.8 Å². The van der Waals surface area contributed by atoms with Crippen LogP contribution >= 0.6 is 7.82 Å². The first-order valence-electron chi connectivity index (χ1n) is 28.9. The Kier molecular flexibility index (Phi) is 38.7. The van der Waals surface area contributed by atoms with E-state index in [0.717, 1.165) is 51.4 Å². The predicted octanol–water partition coefficient (Wildman–Crippen LogP) is 8.28. The quantitative estimate of drug-likeness (QED) is 0.0157. The summed E-state index contributed by atoms with van der Waals surface area (Å²) in [6, 6.07) is 0. The Hall–Kier alpha value is -1.35. The van der Waals surface area contributed by atoms with Crippen LogP contribution in [-0.2, 0) is 42.1 Å². The van der Waals surface area contributed by atoms with Gasteiger partial charge in [-0.1, -0.05) is 213 Å². The number of phosphoric ester groups is 1. The Bertz CT molecular complexity index is 1410. The molecule has 0 bridgehead atoms. The number of hydrogen-bond donors (Lipinski definition) is 9. The van der Waals surface area contributed by atoms with Crippen molar-refractivity contribution in [3.63, 3.8) is 0 Å². The highest BCUT2D eigenvalue weighted by Crippen LogP contribution is 2.48. The molecule has 1 saturated heterocycles. The molecule has 1 aliphatic carbocycles. The van der Waals surface area contributed by atoms with E-state index in [-0.39, 0.29) is 12.8 Å². The lowest BCUT2D eigenvalue weighted by Crippen LogP contribution is -2.67. The Morgan fingerprint density at radius 2 is 0.822 bits per heavy atom. The van der Waals surface area contributed by atoms with Crippen LogP contribution in [0.2, 0.25) is 0 Å². The van der Waals surface area contributed by atoms with Gasteiger partial charge in [-0.25, -0.2) is 4.57 Å². The second kappa shape index (κ2) is 41.7. The minimum atomic E-state index is -5.37. The number of hydrogen-bond acceptors (Lipinski definition) is 17. The normalized spacial score (nSPS) is 26.6. The summed E-state index contributed by atoms with van der Waals surface area (Å²) in [6.45, 7) is 2.29. The number of unbranched alkanes of at least 4 members (excludes halogenated alkanes) is 31. The highest BCUT2D eigenvalue weighted by molar-refractivity contribution is 7.47. The van der Waals surface area contributed by atoms with Crippen LogP contribution in [-0.4, -0.2) is 151 Å². The molecule has 1 heterocycles. The molecule has 19 heteroatoms. The minimum absolute atomic E-state index is 0.0404. The summed E-state index contributed by atoms with van der Waals surface area (Å²) in [7, 11) is -5.37. The van der Waals surface area contributed by atoms with Crippen LogP contribution in [0.15, 0.2) is 0 Å². The number of esters is 2. The van der Waals surface area contributed by atoms with Gasteiger partial charge in [-0.2, -0.15) is 0 Å². The second-order valence-corrected chi connectivity index (χ2v) is 22.3. The molecule has 2 fully saturated rings. The fourth-order valence-corrected chi connectivity index (χ4v) is 10.6. The molecule has 0 amide bonds. The summed E-state index contributed by atoms with van der Waals surface area (Å²) in [5.41, 5.74) is 0. The van der Waals surface area contributed by atoms with Crippen molar-refractivity contribution in [2.24, 2.45) is 0 Å². The lowest BCUT2D eigenvalue weighted by Gasteiger charge is -2.47. The van der Waals surface area contributed by atoms with Gasteiger partial charge in [0.2, 0.25) is 0 Å². The molecule has 13 atom stereocenters. The molecule has 0 aromatic carbocycles. The van der Waals surface area contributed by atoms with Crippen molar-refractivity contribution >= 4 is 19.8 Å². The number of carbonyl (C=O) groups excluding carboxylic acids is 2. The number of ether oxygens (including phenoxy) is 4. The Balaban J connectivity index is 1.87. The van der Waals surface area contributed by atoms with Crippen LogP contribution < -0.4 is 0 Å². The molecular formula is C54H103O18P. The fourth-order valence-electron chi connectivity index (χ4n) is 9.59. The molecule has 73 heavy (non-hydrogen) atoms. The van der Waals surface area contributed by atoms with Crippen LogP contribution in [0.3, 0.4) is 0 Å². The molecule has 2 aliphatic rings. The van der Waals surface area contributed by atoms with Gasteiger partial charge >= 0.3 is 19.8 Å². The van der Waals surface area contributed by atoms with E-state index in [1.807, 2.05) is 0 Å². The van der Waals surface area contributed by atoms with Crippen molar-refractivity contribution in [2.75, 3.05) is 19.8 Å². The minimum Gasteiger partial charge on any atom is -0.462 e. The summed E-state index contributed by atoms with van der Waals surface area (Å²) in [5, 5.41) is 83.2. The fraction of sp³-hybridized carbons (Fsp3) is 0.963. The number of carbonyl (C=O) groups is 2. The Morgan fingerprint density at radius 1 is 0.466 bits per heavy atom. The molecule has 0 aromatic heterocycles. The number of rotatable bonds is 46. The largest absolute Gasteiger partial charge is 0.472 e. The lowest BCUT2D eigenvalue weighted by atomic mass is 9.84. The number of aliphatic hydroxyl groups excluding tert-OH is 8. The maximum atomic E-state index is 13.5. The molecule has 1 saturated carbocycles. The third kappa shape index (κ3) is 29.8. The predicted molar refractivity (Wildman–Crippen MR) is 277 cm³/mol. The first kappa shape index (κ1) is 67.8. The molecule has 9 N–H and O–H groups in total. The van der Waals surface area contributed by atoms with Gasteiger partial charge in [0.25, 0.3) is 0 Å². The molecule has 0 radical (unpaired) electrons. The van der Waals surface area contributed by atoms with E-state index in [4.69, 9.17) is 28.0 Å². The highest BCUT2D eigenvalue weighted by atomic mass is 31.2. The molecule has 1 aliphatic heterocycles. The van der Waals surface area contributed by atoms with Crippen molar-refractivity contribution in [2.45, 2.75) is 312 Å². The highest BCUT2D eigenvalue weighted by Gasteiger charge is 2.55. The van der Waals surface area contributed by atoms with E-state index in [0.29, 0.717) is 12.8 Å². The second-order valence-electron chi connectivity index (χ2n) is 20.8. The number of phosphoric acid groups is 1. The first-order valence-corrected chi connectivity index (χ1v) is 30.4. The van der Waals surface area contributed by atoms with E-state index in [2.05, 4.69) is 13.8 Å². The zero-order valence-electron chi connectivity index (χ0n) is 44.9. The molecule has 432 valence electrons. The summed E-state index contributed by atoms with van der Waals surface area (Å²) in [5.74, 6) is -1.20. The van der Waals surface area contributed by atoms with Crippen LogP contribution in [0.4, 0.5) is 0 Å². The zero-order chi connectivity index (χ0) is 53.7. The van der Waals surface area contributed by atoms with Gasteiger partial charge in [-0.3, -0.25) is 18.6 Å². The third-order valence-corrected chi connectivity index (χ3v) is 15.3. The van der Waals surface area contributed by atoms with Crippen LogP contribution in [0.1, 0.15) is 239 Å². The van der Waals surface area contributed by atoms with Gasteiger partial charge in [0, 0.05) is 12.8 Å². The molecule has 2 rings (SSSR count). The van der Waals surface area contributed by atoms with Crippen molar-refractivity contribution in [1.29, 1.82) is 0 Å². The monoisotopic (exact) mass is 1070 g/mol. The van der Waals surface area contributed by atoms with E-state index in [1.54, 1.807) is 0 Å². The van der Waals surface area contributed by atoms with E-state index in [1.165, 1.54) is 148 Å². The van der Waals surface area contributed by atoms with E-state index >= 15 is 0 Å². The Morgan fingerprint density at radius 3 is 1.22 bits per heavy atom. The van der Waals surface area contributed by atoms with Gasteiger partial charge in [0.1, 0.15) is 67.6 Å². The van der Waals surface area contributed by atoms with Gasteiger partial charge in [0.05, 0.1) is 13.2 Å². The summed E-state index contributed by atoms with van der Waals surface area (Å²) in [6.07, 6.45) is 15.9. The SMILES string of the molecule is CCCCCCCCCCCCCCCCCCCC(=O)OCC(COP(=O)(O)OC1C(O)C(O)C(O)C(O)C1OC1OC(CO)C(O)C(O)C1O)OC(=O)CCCCCCCCCCCCCCCCCC. The summed E-state index contributed by atoms with van der Waals surface area (Å²) in [4.78, 5) is 36.7. The van der Waals surface area contributed by atoms with E-state index < -0.39 is 113 Å². The van der Waals surface area contributed by atoms with Crippen LogP contribution in [0.5, 0.6) is 0 Å². The van der Waals surface area contributed by atoms with Crippen LogP contribution in [0.25, 0.3) is 0 Å². The molecule has 0 aromatic rings. The van der Waals surface area contributed by atoms with E-state index in [9.17, 15) is 59.9 Å². The third-order valence-electron chi connectivity index (χ3n) is 14.3. The topological polar surface area (TPSA) is 289 Å². The maximum absolute atomic E-state index is 13.5. The standard InChI is InChI=1S/C54H103O18P/c1-3-5-7-9-11-13-15-17-19-21-23-24-26-28-30-32-34-36-43(56)67-39-41(69-44(57)37-35-33-31-29-27-25-22-20-18-16-14-12-10-8-6-4-2)40-68-73(65,66)72-53-50(63)48(61)47(60)49(62)52(53)71-54-51(64)46(59)45(58)42(38-55)70-54/h41-42,45-55,58-64H,3-40H2,1-2H3,(H,65,66). The van der Waals surface area contributed by atoms with Crippen molar-refractivity contribution in [1.82, 2.24) is 0 Å². The lowest BCUT2D eigenvalue weighted by molar-refractivity contribution is -0.338. The Labute approximate surface area is 438 Å². The van der Waals surface area contributed by atoms with Crippen molar-refractivity contribution < 1.29 is 87.9 Å². The summed E-state index contributed by atoms with van der Waals surface area (Å²) >= 11 is 0. The maximum Gasteiger partial charge on any atom is 0.472 e. The zero-order valence-corrected chi connectivity index (χ0v) is 45.8. The molecule has 18 nitrogen and oxygen atoms in total. The van der Waals surface area contributed by atoms with Gasteiger partial charge in [0.15, 0.2) is 12.4 Å². The average Bonchev–Trinajstić information content (AvgIpc) is 3.37. The van der Waals surface area contributed by atoms with Gasteiger partial charge in [-0.15, -0.1) is 0 Å². The number of aliphatic hydroxyl groups is 8. The first-order chi connectivity index (χ1) is 35.2. The van der Waals surface area contributed by atoms with Gasteiger partial charge < -0.3 is 64.7 Å². The summed E-state index contributed by atoms with van der Waals surface area (Å²) < 4.78 is 45.6.